The maximum Gasteiger partial charge on any atom is 0.161 e. The van der Waals surface area contributed by atoms with Crippen molar-refractivity contribution in [3.8, 4) is 6.07 Å². The zero-order valence-electron chi connectivity index (χ0n) is 11.0. The fraction of sp³-hybridized carbons (Fsp3) is 0.643. The molecule has 1 aromatic rings. The Labute approximate surface area is 113 Å². The summed E-state index contributed by atoms with van der Waals surface area (Å²) in [6.45, 7) is 2.01. The van der Waals surface area contributed by atoms with Crippen LogP contribution in [0.2, 0.25) is 0 Å². The number of ether oxygens (including phenoxy) is 1. The van der Waals surface area contributed by atoms with Gasteiger partial charge in [0.2, 0.25) is 0 Å². The first-order valence-corrected chi connectivity index (χ1v) is 6.97. The van der Waals surface area contributed by atoms with E-state index in [1.807, 2.05) is 0 Å². The predicted molar refractivity (Wildman–Crippen MR) is 70.9 cm³/mol. The van der Waals surface area contributed by atoms with Crippen LogP contribution < -0.4 is 4.90 Å². The van der Waals surface area contributed by atoms with Crippen LogP contribution in [0.5, 0.6) is 0 Å². The number of nitrogens with zero attached hydrogens (tertiary/aromatic N) is 4. The molecule has 1 aliphatic carbocycles. The van der Waals surface area contributed by atoms with Crippen molar-refractivity contribution in [2.75, 3.05) is 24.6 Å². The first-order chi connectivity index (χ1) is 9.38. The molecular weight excluding hydrogens is 240 g/mol. The lowest BCUT2D eigenvalue weighted by Gasteiger charge is -2.32. The third-order valence-corrected chi connectivity index (χ3v) is 3.86. The Balaban J connectivity index is 1.90. The number of aromatic nitrogens is 2. The molecule has 0 amide bonds. The number of aryl methyl sites for hydroxylation is 1. The molecule has 1 saturated heterocycles. The molecule has 0 aromatic carbocycles. The van der Waals surface area contributed by atoms with Gasteiger partial charge in [-0.2, -0.15) is 5.26 Å². The van der Waals surface area contributed by atoms with Gasteiger partial charge in [-0.3, -0.25) is 0 Å². The van der Waals surface area contributed by atoms with Gasteiger partial charge in [0.05, 0.1) is 19.2 Å². The number of fused-ring (bicyclic) bond motifs is 1. The largest absolute Gasteiger partial charge is 0.360 e. The van der Waals surface area contributed by atoms with Crippen LogP contribution in [-0.4, -0.2) is 35.8 Å². The fourth-order valence-corrected chi connectivity index (χ4v) is 2.87. The van der Waals surface area contributed by atoms with Crippen LogP contribution in [0.4, 0.5) is 5.82 Å². The Morgan fingerprint density at radius 1 is 1.26 bits per heavy atom. The van der Waals surface area contributed by atoms with Crippen LogP contribution in [-0.2, 0) is 17.6 Å². The quantitative estimate of drug-likeness (QED) is 0.714. The van der Waals surface area contributed by atoms with Gasteiger partial charge >= 0.3 is 0 Å². The van der Waals surface area contributed by atoms with Gasteiger partial charge < -0.3 is 9.64 Å². The molecule has 2 aliphatic rings. The summed E-state index contributed by atoms with van der Waals surface area (Å²) in [5, 5.41) is 9.00. The maximum absolute atomic E-state index is 9.00. The Hall–Kier alpha value is -1.67. The summed E-state index contributed by atoms with van der Waals surface area (Å²) in [5.41, 5.74) is 2.49. The molecule has 1 aliphatic heterocycles. The molecule has 1 aromatic heterocycles. The third kappa shape index (κ3) is 2.54. The van der Waals surface area contributed by atoms with Crippen LogP contribution in [0.3, 0.4) is 0 Å². The number of hydrogen-bond acceptors (Lipinski definition) is 5. The minimum Gasteiger partial charge on any atom is -0.360 e. The smallest absolute Gasteiger partial charge is 0.161 e. The van der Waals surface area contributed by atoms with Crippen molar-refractivity contribution in [2.45, 2.75) is 38.2 Å². The van der Waals surface area contributed by atoms with Crippen molar-refractivity contribution < 1.29 is 4.74 Å². The van der Waals surface area contributed by atoms with E-state index in [0.29, 0.717) is 13.2 Å². The lowest BCUT2D eigenvalue weighted by atomic mass is 10.1. The SMILES string of the molecule is N#CC1CN(c2ncnc3c2CCCCC3)CCO1. The third-order valence-electron chi connectivity index (χ3n) is 3.86. The second kappa shape index (κ2) is 5.54. The Morgan fingerprint density at radius 2 is 2.16 bits per heavy atom. The molecule has 5 heteroatoms. The van der Waals surface area contributed by atoms with E-state index in [0.717, 1.165) is 25.2 Å². The van der Waals surface area contributed by atoms with Crippen LogP contribution in [0.15, 0.2) is 6.33 Å². The highest BCUT2D eigenvalue weighted by atomic mass is 16.5. The molecule has 0 spiro atoms. The summed E-state index contributed by atoms with van der Waals surface area (Å²) in [4.78, 5) is 11.1. The molecule has 1 unspecified atom stereocenters. The van der Waals surface area contributed by atoms with E-state index in [1.165, 1.54) is 30.5 Å². The van der Waals surface area contributed by atoms with E-state index in [-0.39, 0.29) is 6.10 Å². The van der Waals surface area contributed by atoms with Crippen LogP contribution >= 0.6 is 0 Å². The highest BCUT2D eigenvalue weighted by molar-refractivity contribution is 5.49. The lowest BCUT2D eigenvalue weighted by molar-refractivity contribution is 0.0760. The van der Waals surface area contributed by atoms with Gasteiger partial charge in [0, 0.05) is 17.8 Å². The van der Waals surface area contributed by atoms with E-state index in [1.54, 1.807) is 6.33 Å². The van der Waals surface area contributed by atoms with E-state index in [9.17, 15) is 0 Å². The second-order valence-corrected chi connectivity index (χ2v) is 5.12. The highest BCUT2D eigenvalue weighted by Crippen LogP contribution is 2.27. The Bertz CT molecular complexity index is 497. The Kier molecular flexibility index (Phi) is 3.60. The lowest BCUT2D eigenvalue weighted by Crippen LogP contribution is -2.42. The van der Waals surface area contributed by atoms with Crippen molar-refractivity contribution in [3.63, 3.8) is 0 Å². The van der Waals surface area contributed by atoms with E-state index in [2.05, 4.69) is 20.9 Å². The van der Waals surface area contributed by atoms with Crippen molar-refractivity contribution in [1.29, 1.82) is 5.26 Å². The fourth-order valence-electron chi connectivity index (χ4n) is 2.87. The first kappa shape index (κ1) is 12.4. The molecule has 0 radical (unpaired) electrons. The standard InChI is InChI=1S/C14H18N4O/c15-8-11-9-18(6-7-19-11)14-12-4-2-1-3-5-13(12)16-10-17-14/h10-11H,1-7,9H2. The molecule has 100 valence electrons. The molecule has 19 heavy (non-hydrogen) atoms. The van der Waals surface area contributed by atoms with Gasteiger partial charge in [-0.05, 0) is 25.7 Å². The maximum atomic E-state index is 9.00. The van der Waals surface area contributed by atoms with E-state index >= 15 is 0 Å². The van der Waals surface area contributed by atoms with Gasteiger partial charge in [-0.15, -0.1) is 0 Å². The monoisotopic (exact) mass is 258 g/mol. The average Bonchev–Trinajstić information content (AvgIpc) is 2.72. The van der Waals surface area contributed by atoms with Crippen LogP contribution in [0, 0.1) is 11.3 Å². The normalized spacial score (nSPS) is 23.3. The van der Waals surface area contributed by atoms with Crippen LogP contribution in [0.1, 0.15) is 30.5 Å². The molecule has 0 bridgehead atoms. The average molecular weight is 258 g/mol. The van der Waals surface area contributed by atoms with Gasteiger partial charge in [-0.25, -0.2) is 9.97 Å². The second-order valence-electron chi connectivity index (χ2n) is 5.12. The minimum atomic E-state index is -0.342. The molecule has 1 fully saturated rings. The minimum absolute atomic E-state index is 0.342. The van der Waals surface area contributed by atoms with Gasteiger partial charge in [0.15, 0.2) is 6.10 Å². The summed E-state index contributed by atoms with van der Waals surface area (Å²) >= 11 is 0. The van der Waals surface area contributed by atoms with Gasteiger partial charge in [0.25, 0.3) is 0 Å². The zero-order valence-corrected chi connectivity index (χ0v) is 11.0. The van der Waals surface area contributed by atoms with Crippen molar-refractivity contribution in [1.82, 2.24) is 9.97 Å². The summed E-state index contributed by atoms with van der Waals surface area (Å²) in [5.74, 6) is 1.02. The van der Waals surface area contributed by atoms with Crippen molar-refractivity contribution in [2.24, 2.45) is 0 Å². The summed E-state index contributed by atoms with van der Waals surface area (Å²) < 4.78 is 5.40. The number of morpholine rings is 1. The number of rotatable bonds is 1. The van der Waals surface area contributed by atoms with E-state index < -0.39 is 0 Å². The number of nitriles is 1. The molecule has 2 heterocycles. The Morgan fingerprint density at radius 3 is 3.05 bits per heavy atom. The molecule has 0 N–H and O–H groups in total. The molecule has 0 saturated carbocycles. The van der Waals surface area contributed by atoms with Crippen LogP contribution in [0.25, 0.3) is 0 Å². The molecular formula is C14H18N4O. The van der Waals surface area contributed by atoms with Crippen molar-refractivity contribution >= 4 is 5.82 Å². The first-order valence-electron chi connectivity index (χ1n) is 6.97. The number of anilines is 1. The van der Waals surface area contributed by atoms with Gasteiger partial charge in [0.1, 0.15) is 12.1 Å². The summed E-state index contributed by atoms with van der Waals surface area (Å²) in [7, 11) is 0. The number of hydrogen-bond donors (Lipinski definition) is 0. The topological polar surface area (TPSA) is 62.0 Å². The zero-order chi connectivity index (χ0) is 13.1. The van der Waals surface area contributed by atoms with E-state index in [4.69, 9.17) is 10.00 Å². The molecule has 5 nitrogen and oxygen atoms in total. The highest BCUT2D eigenvalue weighted by Gasteiger charge is 2.24. The van der Waals surface area contributed by atoms with Crippen molar-refractivity contribution in [3.05, 3.63) is 17.6 Å². The predicted octanol–water partition coefficient (Wildman–Crippen LogP) is 1.47. The molecule has 1 atom stereocenters. The molecule has 3 rings (SSSR count). The summed E-state index contributed by atoms with van der Waals surface area (Å²) in [6, 6.07) is 2.19. The summed E-state index contributed by atoms with van der Waals surface area (Å²) in [6.07, 6.45) is 7.12. The van der Waals surface area contributed by atoms with Gasteiger partial charge in [-0.1, -0.05) is 6.42 Å².